The third-order valence-electron chi connectivity index (χ3n) is 3.50. The van der Waals surface area contributed by atoms with E-state index in [2.05, 4.69) is 43.3 Å². The van der Waals surface area contributed by atoms with Crippen molar-refractivity contribution in [3.8, 4) is 0 Å². The zero-order chi connectivity index (χ0) is 13.7. The lowest BCUT2D eigenvalue weighted by atomic mass is 9.89. The molecule has 0 aliphatic rings. The van der Waals surface area contributed by atoms with Crippen LogP contribution in [0.5, 0.6) is 0 Å². The van der Waals surface area contributed by atoms with Gasteiger partial charge in [-0.3, -0.25) is 4.79 Å². The van der Waals surface area contributed by atoms with Crippen molar-refractivity contribution in [3.05, 3.63) is 71.3 Å². The molecular formula is C18H20O. The van der Waals surface area contributed by atoms with Crippen LogP contribution in [-0.4, -0.2) is 5.78 Å². The quantitative estimate of drug-likeness (QED) is 0.786. The molecule has 0 spiro atoms. The highest BCUT2D eigenvalue weighted by Gasteiger charge is 2.15. The average molecular weight is 252 g/mol. The van der Waals surface area contributed by atoms with Crippen molar-refractivity contribution in [2.45, 2.75) is 26.7 Å². The number of rotatable bonds is 5. The van der Waals surface area contributed by atoms with Crippen LogP contribution < -0.4 is 0 Å². The summed E-state index contributed by atoms with van der Waals surface area (Å²) in [7, 11) is 0. The van der Waals surface area contributed by atoms with Gasteiger partial charge in [0.05, 0.1) is 0 Å². The number of benzene rings is 2. The molecule has 1 heteroatoms. The van der Waals surface area contributed by atoms with Crippen molar-refractivity contribution < 1.29 is 4.79 Å². The lowest BCUT2D eigenvalue weighted by molar-refractivity contribution is -0.120. The van der Waals surface area contributed by atoms with Gasteiger partial charge in [-0.05, 0) is 37.8 Å². The Morgan fingerprint density at radius 2 is 1.42 bits per heavy atom. The third-order valence-corrected chi connectivity index (χ3v) is 3.50. The molecule has 0 bridgehead atoms. The van der Waals surface area contributed by atoms with E-state index in [1.54, 1.807) is 6.92 Å². The second-order valence-corrected chi connectivity index (χ2v) is 5.19. The second-order valence-electron chi connectivity index (χ2n) is 5.19. The molecular weight excluding hydrogens is 232 g/mol. The standard InChI is InChI=1S/C18H20O/c1-14-8-10-17(11-9-14)13-18(15(2)19)12-16-6-4-3-5-7-16/h3-11,18H,12-13H2,1-2H3. The van der Waals surface area contributed by atoms with Gasteiger partial charge in [0.25, 0.3) is 0 Å². The van der Waals surface area contributed by atoms with Crippen LogP contribution in [0.4, 0.5) is 0 Å². The molecule has 1 nitrogen and oxygen atoms in total. The number of carbonyl (C=O) groups excluding carboxylic acids is 1. The van der Waals surface area contributed by atoms with Gasteiger partial charge < -0.3 is 0 Å². The highest BCUT2D eigenvalue weighted by molar-refractivity contribution is 5.78. The smallest absolute Gasteiger partial charge is 0.133 e. The van der Waals surface area contributed by atoms with Crippen LogP contribution in [0.25, 0.3) is 0 Å². The molecule has 98 valence electrons. The summed E-state index contributed by atoms with van der Waals surface area (Å²) in [5.74, 6) is 0.342. The molecule has 0 aromatic heterocycles. The summed E-state index contributed by atoms with van der Waals surface area (Å²) in [6.45, 7) is 3.78. The zero-order valence-corrected chi connectivity index (χ0v) is 11.6. The number of hydrogen-bond acceptors (Lipinski definition) is 1. The Bertz CT molecular complexity index is 525. The first-order valence-electron chi connectivity index (χ1n) is 6.75. The van der Waals surface area contributed by atoms with Gasteiger partial charge in [-0.1, -0.05) is 60.2 Å². The maximum Gasteiger partial charge on any atom is 0.133 e. The first-order chi connectivity index (χ1) is 9.15. The highest BCUT2D eigenvalue weighted by atomic mass is 16.1. The van der Waals surface area contributed by atoms with Crippen molar-refractivity contribution in [2.24, 2.45) is 5.92 Å². The lowest BCUT2D eigenvalue weighted by Gasteiger charge is -2.14. The third kappa shape index (κ3) is 4.06. The Hall–Kier alpha value is -1.89. The summed E-state index contributed by atoms with van der Waals surface area (Å²) in [6, 6.07) is 18.7. The van der Waals surface area contributed by atoms with Gasteiger partial charge in [0.1, 0.15) is 5.78 Å². The summed E-state index contributed by atoms with van der Waals surface area (Å²) < 4.78 is 0. The van der Waals surface area contributed by atoms with Crippen molar-refractivity contribution in [3.63, 3.8) is 0 Å². The largest absolute Gasteiger partial charge is 0.300 e. The number of ketones is 1. The summed E-state index contributed by atoms with van der Waals surface area (Å²) in [5, 5.41) is 0. The molecule has 0 amide bonds. The van der Waals surface area contributed by atoms with Crippen molar-refractivity contribution >= 4 is 5.78 Å². The Morgan fingerprint density at radius 3 is 1.95 bits per heavy atom. The molecule has 1 unspecified atom stereocenters. The van der Waals surface area contributed by atoms with Gasteiger partial charge in [0, 0.05) is 5.92 Å². The molecule has 1 atom stereocenters. The number of Topliss-reactive ketones (excluding diaryl/α,β-unsaturated/α-hetero) is 1. The first kappa shape index (κ1) is 13.5. The van der Waals surface area contributed by atoms with E-state index in [1.165, 1.54) is 16.7 Å². The first-order valence-corrected chi connectivity index (χ1v) is 6.75. The topological polar surface area (TPSA) is 17.1 Å². The molecule has 0 aliphatic heterocycles. The van der Waals surface area contributed by atoms with Crippen LogP contribution in [-0.2, 0) is 17.6 Å². The van der Waals surface area contributed by atoms with E-state index in [-0.39, 0.29) is 11.7 Å². The Labute approximate surface area is 115 Å². The van der Waals surface area contributed by atoms with Crippen LogP contribution >= 0.6 is 0 Å². The van der Waals surface area contributed by atoms with Gasteiger partial charge in [0.2, 0.25) is 0 Å². The minimum Gasteiger partial charge on any atom is -0.300 e. The summed E-state index contributed by atoms with van der Waals surface area (Å²) in [6.07, 6.45) is 1.65. The van der Waals surface area contributed by atoms with Gasteiger partial charge in [-0.15, -0.1) is 0 Å². The number of aryl methyl sites for hydroxylation is 1. The van der Waals surface area contributed by atoms with E-state index in [1.807, 2.05) is 18.2 Å². The SMILES string of the molecule is CC(=O)C(Cc1ccccc1)Cc1ccc(C)cc1. The maximum atomic E-state index is 11.8. The molecule has 0 fully saturated rings. The second kappa shape index (κ2) is 6.33. The number of carbonyl (C=O) groups is 1. The minimum absolute atomic E-state index is 0.0742. The van der Waals surface area contributed by atoms with Crippen molar-refractivity contribution in [2.75, 3.05) is 0 Å². The van der Waals surface area contributed by atoms with Gasteiger partial charge in [-0.2, -0.15) is 0 Å². The molecule has 0 aliphatic carbocycles. The Kier molecular flexibility index (Phi) is 4.51. The molecule has 0 saturated heterocycles. The molecule has 0 N–H and O–H groups in total. The average Bonchev–Trinajstić information content (AvgIpc) is 2.41. The van der Waals surface area contributed by atoms with Gasteiger partial charge in [-0.25, -0.2) is 0 Å². The predicted octanol–water partition coefficient (Wildman–Crippen LogP) is 3.99. The summed E-state index contributed by atoms with van der Waals surface area (Å²) >= 11 is 0. The molecule has 2 aromatic rings. The van der Waals surface area contributed by atoms with E-state index in [9.17, 15) is 4.79 Å². The fraction of sp³-hybridized carbons (Fsp3) is 0.278. The van der Waals surface area contributed by atoms with Crippen LogP contribution in [0, 0.1) is 12.8 Å². The Balaban J connectivity index is 2.08. The normalized spacial score (nSPS) is 12.1. The monoisotopic (exact) mass is 252 g/mol. The zero-order valence-electron chi connectivity index (χ0n) is 11.6. The van der Waals surface area contributed by atoms with E-state index in [4.69, 9.17) is 0 Å². The van der Waals surface area contributed by atoms with Gasteiger partial charge in [0.15, 0.2) is 0 Å². The van der Waals surface area contributed by atoms with E-state index < -0.39 is 0 Å². The number of hydrogen-bond donors (Lipinski definition) is 0. The van der Waals surface area contributed by atoms with Crippen LogP contribution in [0.1, 0.15) is 23.6 Å². The molecule has 0 radical (unpaired) electrons. The summed E-state index contributed by atoms with van der Waals surface area (Å²) in [4.78, 5) is 11.8. The van der Waals surface area contributed by atoms with Crippen molar-refractivity contribution in [1.29, 1.82) is 0 Å². The molecule has 19 heavy (non-hydrogen) atoms. The van der Waals surface area contributed by atoms with Crippen molar-refractivity contribution in [1.82, 2.24) is 0 Å². The lowest BCUT2D eigenvalue weighted by Crippen LogP contribution is -2.17. The molecule has 2 rings (SSSR count). The molecule has 2 aromatic carbocycles. The predicted molar refractivity (Wildman–Crippen MR) is 79.2 cm³/mol. The van der Waals surface area contributed by atoms with E-state index in [0.29, 0.717) is 0 Å². The van der Waals surface area contributed by atoms with Crippen LogP contribution in [0.2, 0.25) is 0 Å². The minimum atomic E-state index is 0.0742. The highest BCUT2D eigenvalue weighted by Crippen LogP contribution is 2.16. The fourth-order valence-corrected chi connectivity index (χ4v) is 2.27. The summed E-state index contributed by atoms with van der Waals surface area (Å²) in [5.41, 5.74) is 3.72. The van der Waals surface area contributed by atoms with E-state index in [0.717, 1.165) is 12.8 Å². The van der Waals surface area contributed by atoms with Gasteiger partial charge >= 0.3 is 0 Å². The molecule has 0 heterocycles. The van der Waals surface area contributed by atoms with Crippen LogP contribution in [0.3, 0.4) is 0 Å². The Morgan fingerprint density at radius 1 is 0.895 bits per heavy atom. The molecule has 0 saturated carbocycles. The fourth-order valence-electron chi connectivity index (χ4n) is 2.27. The van der Waals surface area contributed by atoms with Crippen LogP contribution in [0.15, 0.2) is 54.6 Å². The maximum absolute atomic E-state index is 11.8. The van der Waals surface area contributed by atoms with E-state index >= 15 is 0 Å².